The number of thiocarbonyl (C=S) groups is 1. The Kier molecular flexibility index (Phi) is 2.21. The zero-order valence-electron chi connectivity index (χ0n) is 4.96. The van der Waals surface area contributed by atoms with E-state index in [1.807, 2.05) is 0 Å². The second-order valence-corrected chi connectivity index (χ2v) is 2.18. The molecule has 0 spiro atoms. The summed E-state index contributed by atoms with van der Waals surface area (Å²) in [5, 5.41) is 1.60. The highest BCUT2D eigenvalue weighted by atomic mass is 32.1. The van der Waals surface area contributed by atoms with Crippen molar-refractivity contribution >= 4 is 17.4 Å². The Bertz CT molecular complexity index is 112. The average molecular weight is 147 g/mol. The van der Waals surface area contributed by atoms with Gasteiger partial charge in [-0.25, -0.2) is 5.43 Å². The Morgan fingerprint density at radius 2 is 2.56 bits per heavy atom. The summed E-state index contributed by atoms with van der Waals surface area (Å²) in [5.41, 5.74) is 8.03. The number of nitrogens with zero attached hydrogens (tertiary/aromatic N) is 1. The maximum Gasteiger partial charge on any atom is 0.277 e. The molecule has 1 aliphatic rings. The summed E-state index contributed by atoms with van der Waals surface area (Å²) in [6.07, 6.45) is 1.07. The van der Waals surface area contributed by atoms with Gasteiger partial charge in [0, 0.05) is 6.54 Å². The summed E-state index contributed by atoms with van der Waals surface area (Å²) in [6, 6.07) is 0. The van der Waals surface area contributed by atoms with Gasteiger partial charge in [-0.1, -0.05) is 5.17 Å². The lowest BCUT2D eigenvalue weighted by atomic mass is 10.5. The van der Waals surface area contributed by atoms with Gasteiger partial charge >= 0.3 is 0 Å². The predicted molar refractivity (Wildman–Crippen MR) is 37.2 cm³/mol. The molecule has 3 N–H and O–H groups in total. The van der Waals surface area contributed by atoms with Gasteiger partial charge in [-0.05, 0) is 18.6 Å². The second kappa shape index (κ2) is 2.95. The zero-order chi connectivity index (χ0) is 6.69. The summed E-state index contributed by atoms with van der Waals surface area (Å²) in [6.45, 7) is 1.78. The minimum absolute atomic E-state index is 0.0596. The van der Waals surface area contributed by atoms with E-state index in [4.69, 9.17) is 10.6 Å². The van der Waals surface area contributed by atoms with Crippen molar-refractivity contribution in [2.24, 2.45) is 5.73 Å². The highest BCUT2D eigenvalue weighted by Gasteiger charge is 2.11. The van der Waals surface area contributed by atoms with Crippen molar-refractivity contribution in [2.75, 3.05) is 13.1 Å². The van der Waals surface area contributed by atoms with Crippen LogP contribution in [0.15, 0.2) is 0 Å². The van der Waals surface area contributed by atoms with Gasteiger partial charge in [-0.2, -0.15) is 0 Å². The molecule has 0 radical (unpaired) electrons. The molecule has 0 bridgehead atoms. The molecule has 0 aromatic rings. The van der Waals surface area contributed by atoms with Gasteiger partial charge < -0.3 is 10.6 Å². The largest absolute Gasteiger partial charge is 0.361 e. The smallest absolute Gasteiger partial charge is 0.277 e. The summed E-state index contributed by atoms with van der Waals surface area (Å²) >= 11 is 4.51. The van der Waals surface area contributed by atoms with E-state index in [2.05, 4.69) is 17.6 Å². The fraction of sp³-hybridized carbons (Fsp3) is 0.750. The minimum Gasteiger partial charge on any atom is -0.361 e. The molecule has 1 rings (SSSR count). The SMILES string of the molecule is NC(=S)ON1CCCN1. The van der Waals surface area contributed by atoms with Crippen LogP contribution < -0.4 is 11.2 Å². The van der Waals surface area contributed by atoms with Crippen LogP contribution in [0.4, 0.5) is 0 Å². The highest BCUT2D eigenvalue weighted by molar-refractivity contribution is 7.79. The maximum absolute atomic E-state index is 5.10. The number of hydrogen-bond donors (Lipinski definition) is 2. The van der Waals surface area contributed by atoms with Crippen molar-refractivity contribution in [3.63, 3.8) is 0 Å². The number of hydrazine groups is 1. The van der Waals surface area contributed by atoms with Gasteiger partial charge in [0.25, 0.3) is 5.17 Å². The van der Waals surface area contributed by atoms with Crippen molar-refractivity contribution in [3.05, 3.63) is 0 Å². The average Bonchev–Trinajstić information content (AvgIpc) is 2.15. The molecular formula is C4H9N3OS. The van der Waals surface area contributed by atoms with Crippen molar-refractivity contribution in [1.29, 1.82) is 0 Å². The molecule has 52 valence electrons. The molecule has 0 aliphatic carbocycles. The second-order valence-electron chi connectivity index (χ2n) is 1.77. The van der Waals surface area contributed by atoms with Crippen LogP contribution in [0.25, 0.3) is 0 Å². The van der Waals surface area contributed by atoms with Crippen LogP contribution in [0, 0.1) is 0 Å². The first-order valence-electron chi connectivity index (χ1n) is 2.77. The van der Waals surface area contributed by atoms with E-state index >= 15 is 0 Å². The lowest BCUT2D eigenvalue weighted by Crippen LogP contribution is -2.35. The lowest BCUT2D eigenvalue weighted by molar-refractivity contribution is -0.0911. The van der Waals surface area contributed by atoms with Crippen LogP contribution in [-0.2, 0) is 4.84 Å². The van der Waals surface area contributed by atoms with Gasteiger partial charge in [0.1, 0.15) is 0 Å². The molecule has 1 saturated heterocycles. The van der Waals surface area contributed by atoms with Gasteiger partial charge in [-0.3, -0.25) is 0 Å². The van der Waals surface area contributed by atoms with Gasteiger partial charge in [-0.15, -0.1) is 0 Å². The monoisotopic (exact) mass is 147 g/mol. The number of hydrogen-bond acceptors (Lipinski definition) is 4. The Balaban J connectivity index is 2.19. The van der Waals surface area contributed by atoms with E-state index in [1.165, 1.54) is 0 Å². The molecule has 5 heteroatoms. The Labute approximate surface area is 58.9 Å². The zero-order valence-corrected chi connectivity index (χ0v) is 5.78. The normalized spacial score (nSPS) is 20.0. The third-order valence-corrected chi connectivity index (χ3v) is 1.10. The van der Waals surface area contributed by atoms with E-state index < -0.39 is 0 Å². The van der Waals surface area contributed by atoms with Crippen LogP contribution in [-0.4, -0.2) is 23.4 Å². The summed E-state index contributed by atoms with van der Waals surface area (Å²) in [7, 11) is 0. The summed E-state index contributed by atoms with van der Waals surface area (Å²) in [4.78, 5) is 4.84. The molecule has 0 aromatic heterocycles. The first kappa shape index (κ1) is 6.73. The van der Waals surface area contributed by atoms with Crippen LogP contribution in [0.5, 0.6) is 0 Å². The van der Waals surface area contributed by atoms with Crippen molar-refractivity contribution in [3.8, 4) is 0 Å². The van der Waals surface area contributed by atoms with Crippen LogP contribution in [0.3, 0.4) is 0 Å². The maximum atomic E-state index is 5.10. The van der Waals surface area contributed by atoms with Gasteiger partial charge in [0.15, 0.2) is 0 Å². The molecule has 0 saturated carbocycles. The molecule has 1 heterocycles. The van der Waals surface area contributed by atoms with Crippen LogP contribution >= 0.6 is 12.2 Å². The predicted octanol–water partition coefficient (Wildman–Crippen LogP) is -0.628. The third-order valence-electron chi connectivity index (χ3n) is 1.03. The minimum atomic E-state index is 0.0596. The molecule has 0 amide bonds. The van der Waals surface area contributed by atoms with Crippen molar-refractivity contribution < 1.29 is 4.84 Å². The first-order valence-corrected chi connectivity index (χ1v) is 3.18. The van der Waals surface area contributed by atoms with E-state index in [0.717, 1.165) is 19.5 Å². The van der Waals surface area contributed by atoms with E-state index in [9.17, 15) is 0 Å². The molecule has 4 nitrogen and oxygen atoms in total. The van der Waals surface area contributed by atoms with Gasteiger partial charge in [0.2, 0.25) is 0 Å². The Morgan fingerprint density at radius 3 is 3.00 bits per heavy atom. The molecule has 9 heavy (non-hydrogen) atoms. The fourth-order valence-corrected chi connectivity index (χ4v) is 0.782. The number of nitrogens with one attached hydrogen (secondary N) is 1. The molecule has 1 fully saturated rings. The fourth-order valence-electron chi connectivity index (χ4n) is 0.692. The topological polar surface area (TPSA) is 50.5 Å². The Morgan fingerprint density at radius 1 is 1.78 bits per heavy atom. The summed E-state index contributed by atoms with van der Waals surface area (Å²) in [5.74, 6) is 0. The van der Waals surface area contributed by atoms with Crippen LogP contribution in [0.1, 0.15) is 6.42 Å². The quantitative estimate of drug-likeness (QED) is 0.484. The molecule has 0 aromatic carbocycles. The number of nitrogens with two attached hydrogens (primary N) is 1. The standard InChI is InChI=1S/C4H9N3OS/c5-4(9)8-7-3-1-2-6-7/h6H,1-3H2,(H2,5,9). The number of hydroxylamine groups is 1. The molecule has 0 unspecified atom stereocenters. The van der Waals surface area contributed by atoms with Crippen molar-refractivity contribution in [2.45, 2.75) is 6.42 Å². The van der Waals surface area contributed by atoms with E-state index in [1.54, 1.807) is 5.17 Å². The van der Waals surface area contributed by atoms with Crippen LogP contribution in [0.2, 0.25) is 0 Å². The van der Waals surface area contributed by atoms with Crippen molar-refractivity contribution in [1.82, 2.24) is 10.6 Å². The molecule has 0 atom stereocenters. The first-order chi connectivity index (χ1) is 4.29. The Hall–Kier alpha value is -0.390. The third kappa shape index (κ3) is 2.13. The highest BCUT2D eigenvalue weighted by Crippen LogP contribution is 1.95. The van der Waals surface area contributed by atoms with E-state index in [-0.39, 0.29) is 5.17 Å². The number of rotatable bonds is 1. The van der Waals surface area contributed by atoms with E-state index in [0.29, 0.717) is 0 Å². The molecular weight excluding hydrogens is 138 g/mol. The lowest BCUT2D eigenvalue weighted by Gasteiger charge is -2.12. The summed E-state index contributed by atoms with van der Waals surface area (Å²) < 4.78 is 0. The van der Waals surface area contributed by atoms with Gasteiger partial charge in [0.05, 0.1) is 6.54 Å². The molecule has 1 aliphatic heterocycles.